The van der Waals surface area contributed by atoms with Gasteiger partial charge in [0.1, 0.15) is 4.90 Å². The van der Waals surface area contributed by atoms with E-state index in [0.717, 1.165) is 0 Å². The van der Waals surface area contributed by atoms with Crippen LogP contribution in [-0.2, 0) is 14.8 Å². The molecular weight excluding hydrogens is 366 g/mol. The van der Waals surface area contributed by atoms with Crippen molar-refractivity contribution in [1.82, 2.24) is 9.62 Å². The molecule has 1 fully saturated rings. The molecule has 134 valence electrons. The highest BCUT2D eigenvalue weighted by Gasteiger charge is 2.42. The smallest absolute Gasteiger partial charge is 0.344 e. The molecule has 2 rings (SSSR count). The van der Waals surface area contributed by atoms with E-state index >= 15 is 0 Å². The number of halogens is 6. The van der Waals surface area contributed by atoms with Crippen molar-refractivity contribution in [2.75, 3.05) is 13.1 Å². The van der Waals surface area contributed by atoms with Crippen molar-refractivity contribution in [1.29, 1.82) is 0 Å². The standard InChI is InChI=1S/C12H10F6N2O3S/c13-7-1-2-8(10(15)9(7)14)24(22,23)20-4-3-6(5-20)19-11(21)12(16,17)18/h1-2,6H,3-5H2,(H,19,21). The lowest BCUT2D eigenvalue weighted by atomic mass is 10.2. The van der Waals surface area contributed by atoms with Crippen molar-refractivity contribution < 1.29 is 39.6 Å². The molecule has 1 aliphatic rings. The highest BCUT2D eigenvalue weighted by Crippen LogP contribution is 2.26. The van der Waals surface area contributed by atoms with Gasteiger partial charge in [0.15, 0.2) is 17.5 Å². The number of rotatable bonds is 3. The maximum atomic E-state index is 13.6. The van der Waals surface area contributed by atoms with Gasteiger partial charge in [0.25, 0.3) is 0 Å². The third kappa shape index (κ3) is 3.48. The van der Waals surface area contributed by atoms with Crippen LogP contribution in [0.3, 0.4) is 0 Å². The normalized spacial score (nSPS) is 19.5. The Hall–Kier alpha value is -1.82. The van der Waals surface area contributed by atoms with Crippen molar-refractivity contribution in [2.24, 2.45) is 0 Å². The van der Waals surface area contributed by atoms with Crippen LogP contribution in [0.2, 0.25) is 0 Å². The molecule has 1 amide bonds. The van der Waals surface area contributed by atoms with E-state index in [2.05, 4.69) is 0 Å². The Kier molecular flexibility index (Phi) is 4.81. The lowest BCUT2D eigenvalue weighted by molar-refractivity contribution is -0.174. The second-order valence-corrected chi connectivity index (χ2v) is 6.90. The monoisotopic (exact) mass is 376 g/mol. The average Bonchev–Trinajstić information content (AvgIpc) is 2.93. The summed E-state index contributed by atoms with van der Waals surface area (Å²) in [7, 11) is -4.59. The van der Waals surface area contributed by atoms with E-state index in [9.17, 15) is 39.6 Å². The summed E-state index contributed by atoms with van der Waals surface area (Å²) in [5, 5.41) is 1.61. The van der Waals surface area contributed by atoms with Crippen LogP contribution >= 0.6 is 0 Å². The molecule has 1 N–H and O–H groups in total. The number of sulfonamides is 1. The van der Waals surface area contributed by atoms with Crippen LogP contribution in [0.1, 0.15) is 6.42 Å². The van der Waals surface area contributed by atoms with Crippen LogP contribution in [-0.4, -0.2) is 43.9 Å². The molecule has 0 bridgehead atoms. The summed E-state index contributed by atoms with van der Waals surface area (Å²) in [6, 6.07) is -0.197. The van der Waals surface area contributed by atoms with Crippen LogP contribution in [0.15, 0.2) is 17.0 Å². The van der Waals surface area contributed by atoms with Crippen molar-refractivity contribution in [3.05, 3.63) is 29.6 Å². The number of alkyl halides is 3. The zero-order valence-electron chi connectivity index (χ0n) is 11.7. The molecule has 1 aromatic carbocycles. The molecule has 1 aromatic rings. The summed E-state index contributed by atoms with van der Waals surface area (Å²) < 4.78 is 101. The lowest BCUT2D eigenvalue weighted by Crippen LogP contribution is -2.44. The van der Waals surface area contributed by atoms with Crippen LogP contribution in [0.4, 0.5) is 26.3 Å². The van der Waals surface area contributed by atoms with E-state index in [-0.39, 0.29) is 13.0 Å². The van der Waals surface area contributed by atoms with Gasteiger partial charge in [0.05, 0.1) is 0 Å². The van der Waals surface area contributed by atoms with Crippen molar-refractivity contribution >= 4 is 15.9 Å². The number of hydrogen-bond donors (Lipinski definition) is 1. The largest absolute Gasteiger partial charge is 0.471 e. The van der Waals surface area contributed by atoms with E-state index in [1.54, 1.807) is 5.32 Å². The third-order valence-corrected chi connectivity index (χ3v) is 5.24. The number of benzene rings is 1. The minimum absolute atomic E-state index is 0.146. The van der Waals surface area contributed by atoms with Crippen molar-refractivity contribution in [2.45, 2.75) is 23.5 Å². The van der Waals surface area contributed by atoms with Gasteiger partial charge in [0.2, 0.25) is 10.0 Å². The maximum Gasteiger partial charge on any atom is 0.471 e. The van der Waals surface area contributed by atoms with Crippen LogP contribution in [0.5, 0.6) is 0 Å². The first-order chi connectivity index (χ1) is 10.9. The SMILES string of the molecule is O=C(NC1CCN(S(=O)(=O)c2ccc(F)c(F)c2F)C1)C(F)(F)F. The molecule has 0 radical (unpaired) electrons. The van der Waals surface area contributed by atoms with Crippen molar-refractivity contribution in [3.8, 4) is 0 Å². The highest BCUT2D eigenvalue weighted by atomic mass is 32.2. The first kappa shape index (κ1) is 18.5. The molecule has 12 heteroatoms. The molecule has 1 saturated heterocycles. The average molecular weight is 376 g/mol. The Bertz CT molecular complexity index is 765. The molecule has 0 aromatic heterocycles. The fourth-order valence-electron chi connectivity index (χ4n) is 2.18. The predicted octanol–water partition coefficient (Wildman–Crippen LogP) is 1.55. The second kappa shape index (κ2) is 6.24. The Balaban J connectivity index is 2.18. The summed E-state index contributed by atoms with van der Waals surface area (Å²) in [5.41, 5.74) is 0. The second-order valence-electron chi connectivity index (χ2n) is 4.99. The summed E-state index contributed by atoms with van der Waals surface area (Å²) in [4.78, 5) is 9.69. The number of amides is 1. The fourth-order valence-corrected chi connectivity index (χ4v) is 3.73. The third-order valence-electron chi connectivity index (χ3n) is 3.36. The molecule has 0 spiro atoms. The summed E-state index contributed by atoms with van der Waals surface area (Å²) in [6.07, 6.45) is -5.27. The summed E-state index contributed by atoms with van der Waals surface area (Å²) in [6.45, 7) is -0.869. The van der Waals surface area contributed by atoms with Gasteiger partial charge >= 0.3 is 12.1 Å². The lowest BCUT2D eigenvalue weighted by Gasteiger charge is -2.18. The number of carbonyl (C=O) groups excluding carboxylic acids is 1. The maximum absolute atomic E-state index is 13.6. The van der Waals surface area contributed by atoms with Gasteiger partial charge in [-0.1, -0.05) is 0 Å². The molecule has 1 atom stereocenters. The minimum atomic E-state index is -5.13. The number of hydrogen-bond acceptors (Lipinski definition) is 3. The Labute approximate surface area is 132 Å². The van der Waals surface area contributed by atoms with E-state index in [1.807, 2.05) is 0 Å². The number of nitrogens with one attached hydrogen (secondary N) is 1. The van der Waals surface area contributed by atoms with Gasteiger partial charge in [-0.25, -0.2) is 21.6 Å². The van der Waals surface area contributed by atoms with E-state index in [4.69, 9.17) is 0 Å². The molecular formula is C12H10F6N2O3S. The van der Waals surface area contributed by atoms with E-state index in [1.165, 1.54) is 0 Å². The predicted molar refractivity (Wildman–Crippen MR) is 67.7 cm³/mol. The molecule has 5 nitrogen and oxygen atoms in total. The molecule has 24 heavy (non-hydrogen) atoms. The quantitative estimate of drug-likeness (QED) is 0.643. The van der Waals surface area contributed by atoms with E-state index in [0.29, 0.717) is 16.4 Å². The first-order valence-electron chi connectivity index (χ1n) is 6.46. The van der Waals surface area contributed by atoms with Crippen LogP contribution < -0.4 is 5.32 Å². The zero-order valence-corrected chi connectivity index (χ0v) is 12.5. The number of carbonyl (C=O) groups is 1. The van der Waals surface area contributed by atoms with Gasteiger partial charge in [-0.3, -0.25) is 4.79 Å². The van der Waals surface area contributed by atoms with Gasteiger partial charge < -0.3 is 5.32 Å². The Morgan fingerprint density at radius 3 is 2.38 bits per heavy atom. The van der Waals surface area contributed by atoms with Gasteiger partial charge in [0, 0.05) is 19.1 Å². The van der Waals surface area contributed by atoms with Crippen molar-refractivity contribution in [3.63, 3.8) is 0 Å². The Morgan fingerprint density at radius 1 is 1.17 bits per heavy atom. The highest BCUT2D eigenvalue weighted by molar-refractivity contribution is 7.89. The van der Waals surface area contributed by atoms with Crippen LogP contribution in [0, 0.1) is 17.5 Å². The summed E-state index contributed by atoms with van der Waals surface area (Å²) >= 11 is 0. The molecule has 0 aliphatic carbocycles. The first-order valence-corrected chi connectivity index (χ1v) is 7.90. The van der Waals surface area contributed by atoms with Crippen LogP contribution in [0.25, 0.3) is 0 Å². The molecule has 1 heterocycles. The Morgan fingerprint density at radius 2 is 1.79 bits per heavy atom. The zero-order chi connectivity index (χ0) is 18.3. The van der Waals surface area contributed by atoms with E-state index < -0.39 is 57.0 Å². The topological polar surface area (TPSA) is 66.5 Å². The molecule has 1 unspecified atom stereocenters. The van der Waals surface area contributed by atoms with Gasteiger partial charge in [-0.15, -0.1) is 0 Å². The minimum Gasteiger partial charge on any atom is -0.344 e. The number of nitrogens with zero attached hydrogens (tertiary/aromatic N) is 1. The molecule has 1 aliphatic heterocycles. The fraction of sp³-hybridized carbons (Fsp3) is 0.417. The molecule has 0 saturated carbocycles. The summed E-state index contributed by atoms with van der Waals surface area (Å²) in [5.74, 6) is -7.70. The van der Waals surface area contributed by atoms with Gasteiger partial charge in [-0.05, 0) is 18.6 Å². The van der Waals surface area contributed by atoms with Gasteiger partial charge in [-0.2, -0.15) is 17.5 Å².